The van der Waals surface area contributed by atoms with Gasteiger partial charge in [0, 0.05) is 31.6 Å². The van der Waals surface area contributed by atoms with E-state index in [0.29, 0.717) is 0 Å². The summed E-state index contributed by atoms with van der Waals surface area (Å²) in [5.41, 5.74) is -1.29. The van der Waals surface area contributed by atoms with Crippen molar-refractivity contribution in [3.05, 3.63) is 60.3 Å². The fourth-order valence-corrected chi connectivity index (χ4v) is 6.03. The molecule has 2 aliphatic heterocycles. The van der Waals surface area contributed by atoms with Gasteiger partial charge >= 0.3 is 0 Å². The van der Waals surface area contributed by atoms with E-state index in [4.69, 9.17) is 4.74 Å². The number of nitrogens with zero attached hydrogens (tertiary/aromatic N) is 4. The van der Waals surface area contributed by atoms with Gasteiger partial charge in [-0.25, -0.2) is 26.6 Å². The molecule has 2 aliphatic rings. The maximum Gasteiger partial charge on any atom is 0.245 e. The lowest BCUT2D eigenvalue weighted by Gasteiger charge is -2.45. The summed E-state index contributed by atoms with van der Waals surface area (Å²) in [5.74, 6) is -1.79. The Morgan fingerprint density at radius 3 is 2.50 bits per heavy atom. The predicted molar refractivity (Wildman–Crippen MR) is 110 cm³/mol. The van der Waals surface area contributed by atoms with Gasteiger partial charge in [0.15, 0.2) is 23.5 Å². The van der Waals surface area contributed by atoms with E-state index in [9.17, 15) is 17.2 Å². The van der Waals surface area contributed by atoms with Crippen molar-refractivity contribution in [2.45, 2.75) is 23.2 Å². The second-order valence-electron chi connectivity index (χ2n) is 7.73. The Kier molecular flexibility index (Phi) is 5.06. The van der Waals surface area contributed by atoms with Crippen molar-refractivity contribution in [1.82, 2.24) is 14.3 Å². The molecule has 0 unspecified atom stereocenters. The number of sulfonamides is 1. The van der Waals surface area contributed by atoms with E-state index in [1.54, 1.807) is 23.1 Å². The number of piperidine rings is 1. The zero-order valence-corrected chi connectivity index (χ0v) is 17.6. The SMILES string of the molecule is O=S(=O)(c1ccccc1)N1CCO[C@]12CCN(c1cnc3cc(F)c(F)cc3n1)C[C@@H]2F. The number of alkyl halides is 1. The fraction of sp³-hybridized carbons (Fsp3) is 0.333. The van der Waals surface area contributed by atoms with Crippen molar-refractivity contribution in [2.24, 2.45) is 0 Å². The number of rotatable bonds is 3. The van der Waals surface area contributed by atoms with Crippen LogP contribution in [0.4, 0.5) is 19.0 Å². The highest BCUT2D eigenvalue weighted by Crippen LogP contribution is 2.40. The summed E-state index contributed by atoms with van der Waals surface area (Å²) in [4.78, 5) is 10.1. The summed E-state index contributed by atoms with van der Waals surface area (Å²) < 4.78 is 75.8. The quantitative estimate of drug-likeness (QED) is 0.594. The molecule has 7 nitrogen and oxygen atoms in total. The van der Waals surface area contributed by atoms with Crippen molar-refractivity contribution in [3.8, 4) is 0 Å². The van der Waals surface area contributed by atoms with E-state index in [1.807, 2.05) is 0 Å². The summed E-state index contributed by atoms with van der Waals surface area (Å²) in [6.45, 7) is 0.196. The monoisotopic (exact) mass is 464 g/mol. The molecule has 0 aliphatic carbocycles. The molecule has 3 aromatic rings. The molecule has 0 N–H and O–H groups in total. The van der Waals surface area contributed by atoms with Gasteiger partial charge in [0.25, 0.3) is 0 Å². The Hall–Kier alpha value is -2.76. The lowest BCUT2D eigenvalue weighted by atomic mass is 9.98. The lowest BCUT2D eigenvalue weighted by Crippen LogP contribution is -2.62. The molecule has 3 heterocycles. The third kappa shape index (κ3) is 3.31. The highest BCUT2D eigenvalue weighted by Gasteiger charge is 2.57. The molecule has 5 rings (SSSR count). The molecule has 0 radical (unpaired) electrons. The summed E-state index contributed by atoms with van der Waals surface area (Å²) in [6.07, 6.45) is -0.240. The first-order valence-corrected chi connectivity index (χ1v) is 11.5. The standard InChI is InChI=1S/C21H19F3N4O3S/c22-15-10-17-18(11-16(15)23)26-20(12-25-17)27-7-6-21(19(24)13-27)28(8-9-31-21)32(29,30)14-4-2-1-3-5-14/h1-5,10-12,19H,6-9,13H2/t19-,21-/m0/s1. The van der Waals surface area contributed by atoms with Crippen LogP contribution in [0.25, 0.3) is 11.0 Å². The third-order valence-corrected chi connectivity index (χ3v) is 7.85. The maximum absolute atomic E-state index is 15.6. The molecule has 2 atom stereocenters. The Morgan fingerprint density at radius 1 is 1.06 bits per heavy atom. The molecule has 2 aromatic carbocycles. The van der Waals surface area contributed by atoms with Crippen LogP contribution in [0.1, 0.15) is 6.42 Å². The number of benzene rings is 2. The van der Waals surface area contributed by atoms with Gasteiger partial charge in [0.2, 0.25) is 10.0 Å². The van der Waals surface area contributed by atoms with Crippen LogP contribution in [0.15, 0.2) is 53.6 Å². The zero-order chi connectivity index (χ0) is 22.5. The van der Waals surface area contributed by atoms with Crippen LogP contribution < -0.4 is 4.90 Å². The number of fused-ring (bicyclic) bond motifs is 1. The smallest absolute Gasteiger partial charge is 0.245 e. The Labute approximate surface area is 182 Å². The third-order valence-electron chi connectivity index (χ3n) is 5.91. The summed E-state index contributed by atoms with van der Waals surface area (Å²) in [6, 6.07) is 9.75. The number of halogens is 3. The van der Waals surface area contributed by atoms with Gasteiger partial charge in [-0.15, -0.1) is 0 Å². The summed E-state index contributed by atoms with van der Waals surface area (Å²) >= 11 is 0. The predicted octanol–water partition coefficient (Wildman–Crippen LogP) is 2.87. The minimum atomic E-state index is -3.95. The lowest BCUT2D eigenvalue weighted by molar-refractivity contribution is -0.116. The van der Waals surface area contributed by atoms with Crippen molar-refractivity contribution in [1.29, 1.82) is 0 Å². The topological polar surface area (TPSA) is 75.6 Å². The van der Waals surface area contributed by atoms with E-state index >= 15 is 4.39 Å². The van der Waals surface area contributed by atoms with Crippen LogP contribution in [0, 0.1) is 11.6 Å². The molecule has 1 aromatic heterocycles. The maximum atomic E-state index is 15.6. The highest BCUT2D eigenvalue weighted by molar-refractivity contribution is 7.89. The average molecular weight is 464 g/mol. The Balaban J connectivity index is 1.42. The molecule has 32 heavy (non-hydrogen) atoms. The van der Waals surface area contributed by atoms with Gasteiger partial charge in [-0.3, -0.25) is 4.98 Å². The molecule has 0 amide bonds. The van der Waals surface area contributed by atoms with E-state index in [1.165, 1.54) is 18.3 Å². The zero-order valence-electron chi connectivity index (χ0n) is 16.8. The number of ether oxygens (including phenoxy) is 1. The first kappa shape index (κ1) is 21.1. The summed E-state index contributed by atoms with van der Waals surface area (Å²) in [5, 5.41) is 0. The highest BCUT2D eigenvalue weighted by atomic mass is 32.2. The summed E-state index contributed by atoms with van der Waals surface area (Å²) in [7, 11) is -3.95. The minimum Gasteiger partial charge on any atom is -0.355 e. The van der Waals surface area contributed by atoms with Crippen molar-refractivity contribution in [2.75, 3.05) is 31.1 Å². The molecule has 0 saturated carbocycles. The minimum absolute atomic E-state index is 0.0538. The molecule has 168 valence electrons. The Bertz CT molecular complexity index is 1280. The van der Waals surface area contributed by atoms with Gasteiger partial charge in [-0.05, 0) is 12.1 Å². The molecular formula is C21H19F3N4O3S. The van der Waals surface area contributed by atoms with Crippen LogP contribution in [-0.4, -0.2) is 60.8 Å². The molecule has 1 spiro atoms. The molecule has 0 bridgehead atoms. The first-order valence-electron chi connectivity index (χ1n) is 10.0. The number of hydrogen-bond donors (Lipinski definition) is 0. The van der Waals surface area contributed by atoms with Crippen molar-refractivity contribution >= 4 is 26.9 Å². The van der Waals surface area contributed by atoms with Crippen molar-refractivity contribution < 1.29 is 26.3 Å². The fourth-order valence-electron chi connectivity index (χ4n) is 4.29. The van der Waals surface area contributed by atoms with Gasteiger partial charge in [0.1, 0.15) is 5.82 Å². The van der Waals surface area contributed by atoms with E-state index in [0.717, 1.165) is 16.4 Å². The van der Waals surface area contributed by atoms with Crippen LogP contribution in [0.3, 0.4) is 0 Å². The van der Waals surface area contributed by atoms with Crippen LogP contribution in [0.2, 0.25) is 0 Å². The van der Waals surface area contributed by atoms with Crippen LogP contribution in [-0.2, 0) is 14.8 Å². The van der Waals surface area contributed by atoms with Crippen LogP contribution >= 0.6 is 0 Å². The van der Waals surface area contributed by atoms with Crippen molar-refractivity contribution in [3.63, 3.8) is 0 Å². The van der Waals surface area contributed by atoms with E-state index < -0.39 is 33.6 Å². The second kappa shape index (κ2) is 7.68. The molecule has 11 heteroatoms. The van der Waals surface area contributed by atoms with Gasteiger partial charge in [-0.1, -0.05) is 18.2 Å². The molecule has 2 fully saturated rings. The van der Waals surface area contributed by atoms with Crippen LogP contribution in [0.5, 0.6) is 0 Å². The number of hydrogen-bond acceptors (Lipinski definition) is 6. The molecule has 2 saturated heterocycles. The number of anilines is 1. The second-order valence-corrected chi connectivity index (χ2v) is 9.59. The van der Waals surface area contributed by atoms with Gasteiger partial charge < -0.3 is 9.64 Å². The molecular weight excluding hydrogens is 445 g/mol. The van der Waals surface area contributed by atoms with E-state index in [2.05, 4.69) is 9.97 Å². The average Bonchev–Trinajstić information content (AvgIpc) is 3.22. The first-order chi connectivity index (χ1) is 15.3. The normalized spacial score (nSPS) is 24.5. The van der Waals surface area contributed by atoms with E-state index in [-0.39, 0.29) is 54.4 Å². The number of aromatic nitrogens is 2. The van der Waals surface area contributed by atoms with Gasteiger partial charge in [-0.2, -0.15) is 4.31 Å². The Morgan fingerprint density at radius 2 is 1.78 bits per heavy atom. The van der Waals surface area contributed by atoms with Gasteiger partial charge in [0.05, 0.1) is 35.3 Å². The largest absolute Gasteiger partial charge is 0.355 e.